The van der Waals surface area contributed by atoms with Crippen molar-refractivity contribution in [3.8, 4) is 28.7 Å². The highest BCUT2D eigenvalue weighted by molar-refractivity contribution is 5.94. The summed E-state index contributed by atoms with van der Waals surface area (Å²) < 4.78 is 26.5. The molecule has 0 spiro atoms. The minimum absolute atomic E-state index is 0. The second kappa shape index (κ2) is 9.27. The maximum atomic E-state index is 12.3. The van der Waals surface area contributed by atoms with Crippen LogP contribution in [-0.4, -0.2) is 34.0 Å². The van der Waals surface area contributed by atoms with Crippen molar-refractivity contribution in [2.24, 2.45) is 0 Å². The summed E-state index contributed by atoms with van der Waals surface area (Å²) in [6, 6.07) is 6.94. The zero-order valence-electron chi connectivity index (χ0n) is 15.9. The van der Waals surface area contributed by atoms with Crippen molar-refractivity contribution in [3.63, 3.8) is 0 Å². The highest BCUT2D eigenvalue weighted by atomic mass is 35.5. The molecule has 0 atom stereocenters. The molecule has 1 amide bonds. The fourth-order valence-corrected chi connectivity index (χ4v) is 2.82. The van der Waals surface area contributed by atoms with Crippen molar-refractivity contribution < 1.29 is 28.5 Å². The van der Waals surface area contributed by atoms with Crippen molar-refractivity contribution in [2.75, 3.05) is 39.2 Å². The van der Waals surface area contributed by atoms with E-state index < -0.39 is 0 Å². The van der Waals surface area contributed by atoms with Gasteiger partial charge in [0.1, 0.15) is 0 Å². The Kier molecular flexibility index (Phi) is 7.06. The number of rotatable bonds is 7. The second-order valence-corrected chi connectivity index (χ2v) is 5.87. The number of amides is 1. The van der Waals surface area contributed by atoms with E-state index in [0.717, 1.165) is 5.56 Å². The molecule has 9 heteroatoms. The Labute approximate surface area is 169 Å². The second-order valence-electron chi connectivity index (χ2n) is 5.87. The number of carbonyl (C=O) groups is 1. The van der Waals surface area contributed by atoms with E-state index in [4.69, 9.17) is 29.4 Å². The van der Waals surface area contributed by atoms with Crippen LogP contribution >= 0.6 is 12.4 Å². The van der Waals surface area contributed by atoms with Crippen LogP contribution in [0.5, 0.6) is 28.7 Å². The van der Waals surface area contributed by atoms with E-state index in [9.17, 15) is 4.79 Å². The number of benzene rings is 2. The van der Waals surface area contributed by atoms with Crippen molar-refractivity contribution in [1.82, 2.24) is 0 Å². The topological polar surface area (TPSA) is 101 Å². The molecule has 8 nitrogen and oxygen atoms in total. The summed E-state index contributed by atoms with van der Waals surface area (Å²) in [5, 5.41) is 2.80. The molecule has 0 fully saturated rings. The first-order valence-corrected chi connectivity index (χ1v) is 8.33. The Hall–Kier alpha value is -3.00. The molecule has 0 saturated carbocycles. The molecule has 0 saturated heterocycles. The van der Waals surface area contributed by atoms with Gasteiger partial charge in [-0.2, -0.15) is 0 Å². The summed E-state index contributed by atoms with van der Waals surface area (Å²) in [5.74, 6) is 2.57. The Balaban J connectivity index is 0.00000280. The van der Waals surface area contributed by atoms with Crippen molar-refractivity contribution in [2.45, 2.75) is 12.8 Å². The van der Waals surface area contributed by atoms with E-state index in [2.05, 4.69) is 5.32 Å². The van der Waals surface area contributed by atoms with E-state index in [0.29, 0.717) is 46.5 Å². The molecule has 0 unspecified atom stereocenters. The minimum Gasteiger partial charge on any atom is -0.493 e. The summed E-state index contributed by atoms with van der Waals surface area (Å²) in [6.45, 7) is 0.146. The number of anilines is 2. The SMILES string of the molecule is COc1cc(CCC(=O)Nc2cc3c(cc2N)OCO3)cc(OC)c1OC.Cl. The van der Waals surface area contributed by atoms with Crippen LogP contribution in [0.1, 0.15) is 12.0 Å². The highest BCUT2D eigenvalue weighted by Gasteiger charge is 2.18. The lowest BCUT2D eigenvalue weighted by Gasteiger charge is -2.14. The molecule has 1 heterocycles. The van der Waals surface area contributed by atoms with Gasteiger partial charge in [-0.05, 0) is 24.1 Å². The number of hydrogen-bond acceptors (Lipinski definition) is 7. The predicted molar refractivity (Wildman–Crippen MR) is 107 cm³/mol. The number of hydrogen-bond donors (Lipinski definition) is 2. The van der Waals surface area contributed by atoms with Gasteiger partial charge >= 0.3 is 0 Å². The van der Waals surface area contributed by atoms with Crippen LogP contribution < -0.4 is 34.7 Å². The average Bonchev–Trinajstić information content (AvgIpc) is 3.12. The summed E-state index contributed by atoms with van der Waals surface area (Å²) in [7, 11) is 4.65. The van der Waals surface area contributed by atoms with E-state index in [1.54, 1.807) is 33.5 Å². The van der Waals surface area contributed by atoms with Gasteiger partial charge in [0.15, 0.2) is 23.0 Å². The molecular formula is C19H23ClN2O6. The molecule has 2 aromatic rings. The highest BCUT2D eigenvalue weighted by Crippen LogP contribution is 2.39. The number of nitrogens with one attached hydrogen (secondary N) is 1. The van der Waals surface area contributed by atoms with Gasteiger partial charge in [0.25, 0.3) is 0 Å². The molecule has 28 heavy (non-hydrogen) atoms. The summed E-state index contributed by atoms with van der Waals surface area (Å²) in [5.41, 5.74) is 7.76. The fourth-order valence-electron chi connectivity index (χ4n) is 2.82. The Morgan fingerprint density at radius 3 is 2.21 bits per heavy atom. The summed E-state index contributed by atoms with van der Waals surface area (Å²) >= 11 is 0. The van der Waals surface area contributed by atoms with Crippen LogP contribution in [0.4, 0.5) is 11.4 Å². The average molecular weight is 411 g/mol. The molecule has 3 N–H and O–H groups in total. The molecule has 0 radical (unpaired) electrons. The van der Waals surface area contributed by atoms with Crippen molar-refractivity contribution in [3.05, 3.63) is 29.8 Å². The van der Waals surface area contributed by atoms with Crippen LogP contribution in [0, 0.1) is 0 Å². The third-order valence-corrected chi connectivity index (χ3v) is 4.18. The third kappa shape index (κ3) is 4.45. The predicted octanol–water partition coefficient (Wildman–Crippen LogP) is 3.02. The third-order valence-electron chi connectivity index (χ3n) is 4.18. The Morgan fingerprint density at radius 2 is 1.64 bits per heavy atom. The number of fused-ring (bicyclic) bond motifs is 1. The van der Waals surface area contributed by atoms with Crippen molar-refractivity contribution >= 4 is 29.7 Å². The largest absolute Gasteiger partial charge is 0.493 e. The van der Waals surface area contributed by atoms with Crippen LogP contribution in [0.25, 0.3) is 0 Å². The summed E-state index contributed by atoms with van der Waals surface area (Å²) in [4.78, 5) is 12.3. The van der Waals surface area contributed by atoms with E-state index >= 15 is 0 Å². The van der Waals surface area contributed by atoms with Gasteiger partial charge < -0.3 is 34.7 Å². The maximum absolute atomic E-state index is 12.3. The monoisotopic (exact) mass is 410 g/mol. The smallest absolute Gasteiger partial charge is 0.231 e. The number of halogens is 1. The van der Waals surface area contributed by atoms with Gasteiger partial charge in [-0.15, -0.1) is 12.4 Å². The lowest BCUT2D eigenvalue weighted by molar-refractivity contribution is -0.116. The normalized spacial score (nSPS) is 11.4. The number of aryl methyl sites for hydroxylation is 1. The van der Waals surface area contributed by atoms with Gasteiger partial charge in [0.05, 0.1) is 32.7 Å². The molecule has 1 aliphatic heterocycles. The molecule has 0 aromatic heterocycles. The lowest BCUT2D eigenvalue weighted by Crippen LogP contribution is -2.13. The molecular weight excluding hydrogens is 388 g/mol. The van der Waals surface area contributed by atoms with Gasteiger partial charge in [0, 0.05) is 18.6 Å². The molecule has 0 aliphatic carbocycles. The standard InChI is InChI=1S/C19H22N2O6.ClH/c1-23-16-6-11(7-17(24-2)19(16)25-3)4-5-18(22)21-13-9-15-14(8-12(13)20)26-10-27-15;/h6-9H,4-5,10,20H2,1-3H3,(H,21,22);1H. The quantitative estimate of drug-likeness (QED) is 0.676. The van der Waals surface area contributed by atoms with Gasteiger partial charge in [0.2, 0.25) is 18.4 Å². The Morgan fingerprint density at radius 1 is 1.04 bits per heavy atom. The first-order chi connectivity index (χ1) is 13.0. The Bertz CT molecular complexity index is 834. The van der Waals surface area contributed by atoms with Gasteiger partial charge in [-0.3, -0.25) is 4.79 Å². The van der Waals surface area contributed by atoms with Crippen LogP contribution in [0.3, 0.4) is 0 Å². The number of methoxy groups -OCH3 is 3. The van der Waals surface area contributed by atoms with E-state index in [1.807, 2.05) is 12.1 Å². The molecule has 152 valence electrons. The summed E-state index contributed by atoms with van der Waals surface area (Å²) in [6.07, 6.45) is 0.750. The molecule has 3 rings (SSSR count). The fraction of sp³-hybridized carbons (Fsp3) is 0.316. The molecule has 1 aliphatic rings. The van der Waals surface area contributed by atoms with E-state index in [-0.39, 0.29) is 31.5 Å². The first-order valence-electron chi connectivity index (χ1n) is 8.33. The number of nitrogens with two attached hydrogens (primary N) is 1. The first kappa shape index (κ1) is 21.3. The molecule has 0 bridgehead atoms. The van der Waals surface area contributed by atoms with E-state index in [1.165, 1.54) is 0 Å². The molecule has 2 aromatic carbocycles. The van der Waals surface area contributed by atoms with Crippen LogP contribution in [0.2, 0.25) is 0 Å². The minimum atomic E-state index is -0.172. The zero-order chi connectivity index (χ0) is 19.4. The van der Waals surface area contributed by atoms with Crippen LogP contribution in [0.15, 0.2) is 24.3 Å². The number of carbonyl (C=O) groups excluding carboxylic acids is 1. The lowest BCUT2D eigenvalue weighted by atomic mass is 10.1. The maximum Gasteiger partial charge on any atom is 0.231 e. The van der Waals surface area contributed by atoms with Crippen LogP contribution in [-0.2, 0) is 11.2 Å². The number of nitrogen functional groups attached to an aromatic ring is 1. The van der Waals surface area contributed by atoms with Gasteiger partial charge in [-0.1, -0.05) is 0 Å². The number of ether oxygens (including phenoxy) is 5. The van der Waals surface area contributed by atoms with Crippen molar-refractivity contribution in [1.29, 1.82) is 0 Å². The zero-order valence-corrected chi connectivity index (χ0v) is 16.7. The van der Waals surface area contributed by atoms with Gasteiger partial charge in [-0.25, -0.2) is 0 Å².